The zero-order valence-corrected chi connectivity index (χ0v) is 16.0. The van der Waals surface area contributed by atoms with Gasteiger partial charge in [-0.25, -0.2) is 13.1 Å². The topological polar surface area (TPSA) is 127 Å². The Kier molecular flexibility index (Phi) is 6.17. The Morgan fingerprint density at radius 3 is 2.35 bits per heavy atom. The fourth-order valence-electron chi connectivity index (χ4n) is 2.40. The van der Waals surface area contributed by atoms with Gasteiger partial charge >= 0.3 is 5.97 Å². The van der Waals surface area contributed by atoms with Crippen LogP contribution >= 0.6 is 11.3 Å². The third kappa shape index (κ3) is 4.90. The number of rotatable bonds is 8. The molecular weight excluding hydrogens is 376 g/mol. The smallest absolute Gasteiger partial charge is 0.308 e. The van der Waals surface area contributed by atoms with Crippen molar-refractivity contribution in [1.82, 2.24) is 4.72 Å². The van der Waals surface area contributed by atoms with E-state index in [4.69, 9.17) is 5.73 Å². The SMILES string of the molecule is Cc1ccc(CC(CNS(=O)(=O)c2cc(C(N)=O)sc2C)C(=O)O)cc1. The van der Waals surface area contributed by atoms with Crippen molar-refractivity contribution in [2.24, 2.45) is 11.7 Å². The standard InChI is InChI=1S/C17H20N2O5S2/c1-10-3-5-12(6-4-10)7-13(17(21)22)9-19-26(23,24)15-8-14(16(18)20)25-11(15)2/h3-6,8,13,19H,7,9H2,1-2H3,(H2,18,20)(H,21,22). The summed E-state index contributed by atoms with van der Waals surface area (Å²) in [6.45, 7) is 3.23. The van der Waals surface area contributed by atoms with Crippen molar-refractivity contribution in [3.05, 3.63) is 51.2 Å². The van der Waals surface area contributed by atoms with E-state index in [-0.39, 0.29) is 22.7 Å². The van der Waals surface area contributed by atoms with Gasteiger partial charge in [-0.05, 0) is 31.9 Å². The molecule has 1 atom stereocenters. The molecule has 140 valence electrons. The Hall–Kier alpha value is -2.23. The number of thiophene rings is 1. The normalized spacial score (nSPS) is 12.7. The number of amides is 1. The molecule has 0 aliphatic heterocycles. The maximum absolute atomic E-state index is 12.5. The number of nitrogens with one attached hydrogen (secondary N) is 1. The van der Waals surface area contributed by atoms with Crippen molar-refractivity contribution < 1.29 is 23.1 Å². The van der Waals surface area contributed by atoms with Crippen molar-refractivity contribution in [1.29, 1.82) is 0 Å². The van der Waals surface area contributed by atoms with Gasteiger partial charge < -0.3 is 10.8 Å². The highest BCUT2D eigenvalue weighted by Crippen LogP contribution is 2.25. The Labute approximate surface area is 155 Å². The van der Waals surface area contributed by atoms with E-state index in [9.17, 15) is 23.1 Å². The lowest BCUT2D eigenvalue weighted by Crippen LogP contribution is -2.34. The van der Waals surface area contributed by atoms with Crippen molar-refractivity contribution in [3.63, 3.8) is 0 Å². The van der Waals surface area contributed by atoms with Crippen LogP contribution in [0, 0.1) is 19.8 Å². The van der Waals surface area contributed by atoms with Crippen molar-refractivity contribution in [3.8, 4) is 0 Å². The number of nitrogens with two attached hydrogens (primary N) is 1. The van der Waals surface area contributed by atoms with Gasteiger partial charge in [-0.1, -0.05) is 29.8 Å². The monoisotopic (exact) mass is 396 g/mol. The van der Waals surface area contributed by atoms with Crippen LogP contribution in [-0.2, 0) is 21.2 Å². The van der Waals surface area contributed by atoms with Crippen LogP contribution in [-0.4, -0.2) is 31.9 Å². The van der Waals surface area contributed by atoms with E-state index in [0.717, 1.165) is 22.5 Å². The van der Waals surface area contributed by atoms with E-state index in [1.54, 1.807) is 6.92 Å². The second-order valence-corrected chi connectivity index (χ2v) is 8.96. The van der Waals surface area contributed by atoms with Gasteiger partial charge in [-0.3, -0.25) is 9.59 Å². The molecule has 0 aliphatic carbocycles. The Bertz CT molecular complexity index is 917. The molecule has 1 aromatic carbocycles. The molecule has 0 spiro atoms. The lowest BCUT2D eigenvalue weighted by atomic mass is 9.99. The highest BCUT2D eigenvalue weighted by atomic mass is 32.2. The summed E-state index contributed by atoms with van der Waals surface area (Å²) in [5.41, 5.74) is 7.04. The molecule has 4 N–H and O–H groups in total. The van der Waals surface area contributed by atoms with Crippen LogP contribution in [0.3, 0.4) is 0 Å². The molecule has 1 aromatic heterocycles. The number of primary amides is 1. The molecule has 0 saturated carbocycles. The molecule has 0 radical (unpaired) electrons. The van der Waals surface area contributed by atoms with Crippen LogP contribution in [0.5, 0.6) is 0 Å². The second-order valence-electron chi connectivity index (χ2n) is 5.97. The van der Waals surface area contributed by atoms with E-state index in [1.807, 2.05) is 31.2 Å². The van der Waals surface area contributed by atoms with Crippen molar-refractivity contribution in [2.45, 2.75) is 25.2 Å². The summed E-state index contributed by atoms with van der Waals surface area (Å²) in [6.07, 6.45) is 0.202. The van der Waals surface area contributed by atoms with Gasteiger partial charge in [0.05, 0.1) is 15.7 Å². The Morgan fingerprint density at radius 1 is 1.23 bits per heavy atom. The third-order valence-electron chi connectivity index (χ3n) is 3.88. The van der Waals surface area contributed by atoms with Gasteiger partial charge in [-0.15, -0.1) is 11.3 Å². The lowest BCUT2D eigenvalue weighted by Gasteiger charge is -2.14. The summed E-state index contributed by atoms with van der Waals surface area (Å²) >= 11 is 0.984. The Balaban J connectivity index is 2.13. The van der Waals surface area contributed by atoms with Gasteiger partial charge in [0.15, 0.2) is 0 Å². The predicted octanol–water partition coefficient (Wildman–Crippen LogP) is 1.69. The number of carboxylic acid groups (broad SMARTS) is 1. The molecular formula is C17H20N2O5S2. The molecule has 2 rings (SSSR count). The van der Waals surface area contributed by atoms with Gasteiger partial charge in [0.2, 0.25) is 10.0 Å². The summed E-state index contributed by atoms with van der Waals surface area (Å²) in [4.78, 5) is 23.2. The largest absolute Gasteiger partial charge is 0.481 e. The van der Waals surface area contributed by atoms with Crippen LogP contribution in [0.25, 0.3) is 0 Å². The predicted molar refractivity (Wildman–Crippen MR) is 98.8 cm³/mol. The number of carbonyl (C=O) groups excluding carboxylic acids is 1. The van der Waals surface area contributed by atoms with Gasteiger partial charge in [-0.2, -0.15) is 0 Å². The van der Waals surface area contributed by atoms with Gasteiger partial charge in [0.25, 0.3) is 5.91 Å². The lowest BCUT2D eigenvalue weighted by molar-refractivity contribution is -0.141. The number of aliphatic carboxylic acids is 1. The van der Waals surface area contributed by atoms with Crippen LogP contribution in [0.4, 0.5) is 0 Å². The van der Waals surface area contributed by atoms with Crippen molar-refractivity contribution in [2.75, 3.05) is 6.54 Å². The fourth-order valence-corrected chi connectivity index (χ4v) is 4.92. The minimum Gasteiger partial charge on any atom is -0.481 e. The first kappa shape index (κ1) is 20.1. The van der Waals surface area contributed by atoms with E-state index >= 15 is 0 Å². The summed E-state index contributed by atoms with van der Waals surface area (Å²) in [5, 5.41) is 9.39. The maximum atomic E-state index is 12.5. The van der Waals surface area contributed by atoms with Gasteiger partial charge in [0.1, 0.15) is 0 Å². The summed E-state index contributed by atoms with van der Waals surface area (Å²) < 4.78 is 27.3. The highest BCUT2D eigenvalue weighted by molar-refractivity contribution is 7.89. The zero-order chi connectivity index (χ0) is 19.5. The summed E-state index contributed by atoms with van der Waals surface area (Å²) in [6, 6.07) is 8.60. The highest BCUT2D eigenvalue weighted by Gasteiger charge is 2.25. The van der Waals surface area contributed by atoms with E-state index < -0.39 is 27.8 Å². The molecule has 2 aromatic rings. The number of sulfonamides is 1. The van der Waals surface area contributed by atoms with Crippen LogP contribution in [0.1, 0.15) is 25.7 Å². The number of aryl methyl sites for hydroxylation is 2. The van der Waals surface area contributed by atoms with Crippen LogP contribution in [0.2, 0.25) is 0 Å². The first-order valence-corrected chi connectivity index (χ1v) is 10.1. The first-order chi connectivity index (χ1) is 12.1. The second kappa shape index (κ2) is 7.98. The zero-order valence-electron chi connectivity index (χ0n) is 14.4. The third-order valence-corrected chi connectivity index (χ3v) is 6.62. The number of hydrogen-bond acceptors (Lipinski definition) is 5. The number of carbonyl (C=O) groups is 2. The molecule has 0 aliphatic rings. The minimum atomic E-state index is -3.94. The summed E-state index contributed by atoms with van der Waals surface area (Å²) in [7, 11) is -3.94. The maximum Gasteiger partial charge on any atom is 0.308 e. The molecule has 7 nitrogen and oxygen atoms in total. The molecule has 0 fully saturated rings. The minimum absolute atomic E-state index is 0.0595. The van der Waals surface area contributed by atoms with E-state index in [2.05, 4.69) is 4.72 Å². The van der Waals surface area contributed by atoms with Crippen molar-refractivity contribution >= 4 is 33.2 Å². The Morgan fingerprint density at radius 2 is 1.85 bits per heavy atom. The molecule has 1 unspecified atom stereocenters. The number of hydrogen-bond donors (Lipinski definition) is 3. The molecule has 26 heavy (non-hydrogen) atoms. The molecule has 1 amide bonds. The van der Waals surface area contributed by atoms with E-state index in [1.165, 1.54) is 6.07 Å². The average Bonchev–Trinajstić information content (AvgIpc) is 2.96. The molecule has 0 bridgehead atoms. The average molecular weight is 396 g/mol. The van der Waals surface area contributed by atoms with Gasteiger partial charge in [0, 0.05) is 11.4 Å². The fraction of sp³-hybridized carbons (Fsp3) is 0.294. The van der Waals surface area contributed by atoms with Crippen LogP contribution in [0.15, 0.2) is 35.2 Å². The summed E-state index contributed by atoms with van der Waals surface area (Å²) in [5.74, 6) is -2.71. The number of carboxylic acids is 1. The van der Waals surface area contributed by atoms with Crippen LogP contribution < -0.4 is 10.5 Å². The quantitative estimate of drug-likeness (QED) is 0.626. The van der Waals surface area contributed by atoms with E-state index in [0.29, 0.717) is 4.88 Å². The molecule has 9 heteroatoms. The first-order valence-electron chi connectivity index (χ1n) is 7.78. The molecule has 1 heterocycles. The molecule has 0 saturated heterocycles. The number of benzene rings is 1.